The molecule has 0 radical (unpaired) electrons. The van der Waals surface area contributed by atoms with Gasteiger partial charge in [-0.25, -0.2) is 9.37 Å². The molecule has 0 N–H and O–H groups in total. The summed E-state index contributed by atoms with van der Waals surface area (Å²) in [5.74, 6) is 0.796. The van der Waals surface area contributed by atoms with E-state index in [1.807, 2.05) is 6.07 Å². The predicted octanol–water partition coefficient (Wildman–Crippen LogP) is 3.62. The van der Waals surface area contributed by atoms with Gasteiger partial charge in [0, 0.05) is 15.8 Å². The summed E-state index contributed by atoms with van der Waals surface area (Å²) < 4.78 is 19.1. The third-order valence-electron chi connectivity index (χ3n) is 1.74. The van der Waals surface area contributed by atoms with Crippen molar-refractivity contribution in [3.05, 3.63) is 52.0 Å². The topological polar surface area (TPSA) is 22.1 Å². The quantitative estimate of drug-likeness (QED) is 0.790. The van der Waals surface area contributed by atoms with Crippen LogP contribution < -0.4 is 4.74 Å². The molecule has 0 unspecified atom stereocenters. The Hall–Kier alpha value is -1.17. The van der Waals surface area contributed by atoms with Crippen LogP contribution in [0.4, 0.5) is 4.39 Å². The van der Waals surface area contributed by atoms with Gasteiger partial charge in [-0.3, -0.25) is 0 Å². The average molecular weight is 315 g/mol. The minimum atomic E-state index is -0.280. The molecule has 0 aliphatic carbocycles. The highest BCUT2D eigenvalue weighted by Gasteiger charge is 1.98. The average Bonchev–Trinajstić information content (AvgIpc) is 2.25. The van der Waals surface area contributed by atoms with E-state index < -0.39 is 0 Å². The fourth-order valence-corrected chi connectivity index (χ4v) is 1.37. The van der Waals surface area contributed by atoms with Crippen molar-refractivity contribution >= 4 is 22.6 Å². The molecular weight excluding hydrogens is 308 g/mol. The lowest BCUT2D eigenvalue weighted by molar-refractivity contribution is 0.461. The molecule has 0 spiro atoms. The van der Waals surface area contributed by atoms with E-state index in [9.17, 15) is 4.39 Å². The molecule has 2 nitrogen and oxygen atoms in total. The van der Waals surface area contributed by atoms with Crippen molar-refractivity contribution in [2.75, 3.05) is 0 Å². The molecule has 1 aromatic carbocycles. The zero-order valence-electron chi connectivity index (χ0n) is 7.65. The van der Waals surface area contributed by atoms with Crippen LogP contribution in [0.5, 0.6) is 11.6 Å². The molecule has 0 fully saturated rings. The lowest BCUT2D eigenvalue weighted by atomic mass is 10.3. The van der Waals surface area contributed by atoms with E-state index in [0.717, 1.165) is 3.57 Å². The summed E-state index contributed by atoms with van der Waals surface area (Å²) in [5.41, 5.74) is 0. The first-order valence-corrected chi connectivity index (χ1v) is 5.37. The number of aromatic nitrogens is 1. The molecule has 76 valence electrons. The van der Waals surface area contributed by atoms with Gasteiger partial charge in [-0.1, -0.05) is 0 Å². The van der Waals surface area contributed by atoms with Crippen LogP contribution in [-0.2, 0) is 0 Å². The highest BCUT2D eigenvalue weighted by Crippen LogP contribution is 2.19. The van der Waals surface area contributed by atoms with Crippen molar-refractivity contribution in [1.82, 2.24) is 4.98 Å². The number of pyridine rings is 1. The highest BCUT2D eigenvalue weighted by atomic mass is 127. The predicted molar refractivity (Wildman–Crippen MR) is 63.4 cm³/mol. The molecule has 0 amide bonds. The van der Waals surface area contributed by atoms with E-state index in [-0.39, 0.29) is 5.82 Å². The monoisotopic (exact) mass is 315 g/mol. The molecule has 0 atom stereocenters. The van der Waals surface area contributed by atoms with E-state index in [4.69, 9.17) is 4.74 Å². The summed E-state index contributed by atoms with van der Waals surface area (Å²) in [6.45, 7) is 0. The maximum atomic E-state index is 12.6. The Morgan fingerprint density at radius 1 is 1.07 bits per heavy atom. The number of hydrogen-bond acceptors (Lipinski definition) is 2. The van der Waals surface area contributed by atoms with E-state index in [2.05, 4.69) is 27.6 Å². The van der Waals surface area contributed by atoms with Gasteiger partial charge in [0.05, 0.1) is 0 Å². The van der Waals surface area contributed by atoms with Gasteiger partial charge in [0.25, 0.3) is 0 Å². The molecule has 0 saturated carbocycles. The number of nitrogens with zero attached hydrogens (tertiary/aromatic N) is 1. The Bertz CT molecular complexity index is 398. The van der Waals surface area contributed by atoms with Gasteiger partial charge in [0.2, 0.25) is 5.88 Å². The molecular formula is C11H7FINO. The van der Waals surface area contributed by atoms with Crippen LogP contribution >= 0.6 is 22.6 Å². The third-order valence-corrected chi connectivity index (χ3v) is 2.37. The second-order valence-electron chi connectivity index (χ2n) is 2.87. The fourth-order valence-electron chi connectivity index (χ4n) is 1.05. The van der Waals surface area contributed by atoms with E-state index in [1.165, 1.54) is 12.1 Å². The highest BCUT2D eigenvalue weighted by molar-refractivity contribution is 14.1. The summed E-state index contributed by atoms with van der Waals surface area (Å²) in [5, 5.41) is 0. The van der Waals surface area contributed by atoms with Crippen molar-refractivity contribution in [1.29, 1.82) is 0 Å². The first-order chi connectivity index (χ1) is 7.24. The van der Waals surface area contributed by atoms with Crippen molar-refractivity contribution in [3.63, 3.8) is 0 Å². The molecule has 0 saturated heterocycles. The summed E-state index contributed by atoms with van der Waals surface area (Å²) in [7, 11) is 0. The minimum Gasteiger partial charge on any atom is -0.439 e. The fraction of sp³-hybridized carbons (Fsp3) is 0. The number of halogens is 2. The first kappa shape index (κ1) is 10.4. The third kappa shape index (κ3) is 2.89. The number of ether oxygens (including phenoxy) is 1. The Labute approximate surface area is 100 Å². The van der Waals surface area contributed by atoms with Gasteiger partial charge in [-0.05, 0) is 52.9 Å². The van der Waals surface area contributed by atoms with Crippen LogP contribution in [0, 0.1) is 9.39 Å². The number of hydrogen-bond donors (Lipinski definition) is 0. The molecule has 0 aliphatic rings. The van der Waals surface area contributed by atoms with Crippen LogP contribution in [0.2, 0.25) is 0 Å². The van der Waals surface area contributed by atoms with E-state index >= 15 is 0 Å². The maximum absolute atomic E-state index is 12.6. The van der Waals surface area contributed by atoms with Crippen molar-refractivity contribution < 1.29 is 9.13 Å². The van der Waals surface area contributed by atoms with Gasteiger partial charge < -0.3 is 4.74 Å². The lowest BCUT2D eigenvalue weighted by Gasteiger charge is -2.03. The van der Waals surface area contributed by atoms with Crippen LogP contribution in [0.25, 0.3) is 0 Å². The SMILES string of the molecule is Fc1ccc(Oc2ccc(I)cn2)cc1. The maximum Gasteiger partial charge on any atom is 0.219 e. The molecule has 2 rings (SSSR count). The molecule has 4 heteroatoms. The Morgan fingerprint density at radius 3 is 2.40 bits per heavy atom. The zero-order valence-corrected chi connectivity index (χ0v) is 9.81. The minimum absolute atomic E-state index is 0.280. The summed E-state index contributed by atoms with van der Waals surface area (Å²) in [6, 6.07) is 9.49. The van der Waals surface area contributed by atoms with Crippen LogP contribution in [0.3, 0.4) is 0 Å². The summed E-state index contributed by atoms with van der Waals surface area (Å²) >= 11 is 2.16. The molecule has 1 aromatic heterocycles. The number of rotatable bonds is 2. The lowest BCUT2D eigenvalue weighted by Crippen LogP contribution is -1.87. The largest absolute Gasteiger partial charge is 0.439 e. The van der Waals surface area contributed by atoms with Gasteiger partial charge >= 0.3 is 0 Å². The second-order valence-corrected chi connectivity index (χ2v) is 4.12. The van der Waals surface area contributed by atoms with Crippen LogP contribution in [-0.4, -0.2) is 4.98 Å². The van der Waals surface area contributed by atoms with Crippen molar-refractivity contribution in [2.45, 2.75) is 0 Å². The summed E-state index contributed by atoms with van der Waals surface area (Å²) in [4.78, 5) is 4.07. The second kappa shape index (κ2) is 4.57. The first-order valence-electron chi connectivity index (χ1n) is 4.29. The normalized spacial score (nSPS) is 10.0. The number of benzene rings is 1. The Morgan fingerprint density at radius 2 is 1.80 bits per heavy atom. The van der Waals surface area contributed by atoms with E-state index in [0.29, 0.717) is 11.6 Å². The van der Waals surface area contributed by atoms with E-state index in [1.54, 1.807) is 24.4 Å². The van der Waals surface area contributed by atoms with Gasteiger partial charge in [0.1, 0.15) is 11.6 Å². The molecule has 15 heavy (non-hydrogen) atoms. The molecule has 1 heterocycles. The van der Waals surface area contributed by atoms with Crippen molar-refractivity contribution in [2.24, 2.45) is 0 Å². The smallest absolute Gasteiger partial charge is 0.219 e. The Kier molecular flexibility index (Phi) is 3.15. The van der Waals surface area contributed by atoms with Crippen LogP contribution in [0.1, 0.15) is 0 Å². The van der Waals surface area contributed by atoms with Gasteiger partial charge in [-0.2, -0.15) is 0 Å². The zero-order chi connectivity index (χ0) is 10.7. The Balaban J connectivity index is 2.15. The van der Waals surface area contributed by atoms with Gasteiger partial charge in [0.15, 0.2) is 0 Å². The van der Waals surface area contributed by atoms with Gasteiger partial charge in [-0.15, -0.1) is 0 Å². The molecule has 0 aliphatic heterocycles. The molecule has 2 aromatic rings. The standard InChI is InChI=1S/C11H7FINO/c12-8-1-4-10(5-2-8)15-11-6-3-9(13)7-14-11/h1-7H. The molecule has 0 bridgehead atoms. The van der Waals surface area contributed by atoms with Crippen LogP contribution in [0.15, 0.2) is 42.6 Å². The summed E-state index contributed by atoms with van der Waals surface area (Å²) in [6.07, 6.45) is 1.71. The van der Waals surface area contributed by atoms with Crippen molar-refractivity contribution in [3.8, 4) is 11.6 Å².